The Morgan fingerprint density at radius 1 is 1.43 bits per heavy atom. The summed E-state index contributed by atoms with van der Waals surface area (Å²) in [4.78, 5) is 11.7. The molecule has 1 nitrogen and oxygen atoms in total. The second-order valence-electron chi connectivity index (χ2n) is 3.57. The molecule has 1 aromatic rings. The Labute approximate surface area is 85.5 Å². The summed E-state index contributed by atoms with van der Waals surface area (Å²) in [7, 11) is 0. The average molecular weight is 188 g/mol. The summed E-state index contributed by atoms with van der Waals surface area (Å²) >= 11 is 0. The normalized spacial score (nSPS) is 9.86. The van der Waals surface area contributed by atoms with Crippen molar-refractivity contribution in [3.63, 3.8) is 0 Å². The predicted molar refractivity (Wildman–Crippen MR) is 59.7 cm³/mol. The summed E-state index contributed by atoms with van der Waals surface area (Å²) in [5.41, 5.74) is 3.11. The molecule has 0 fully saturated rings. The zero-order chi connectivity index (χ0) is 10.6. The highest BCUT2D eigenvalue weighted by Gasteiger charge is 2.07. The number of ketones is 1. The van der Waals surface area contributed by atoms with Gasteiger partial charge in [-0.1, -0.05) is 29.8 Å². The summed E-state index contributed by atoms with van der Waals surface area (Å²) in [6.45, 7) is 7.62. The molecule has 0 aliphatic heterocycles. The molecule has 0 radical (unpaired) electrons. The quantitative estimate of drug-likeness (QED) is 0.522. The van der Waals surface area contributed by atoms with Crippen LogP contribution >= 0.6 is 0 Å². The van der Waals surface area contributed by atoms with Gasteiger partial charge in [0.05, 0.1) is 0 Å². The molecule has 0 saturated carbocycles. The van der Waals surface area contributed by atoms with E-state index >= 15 is 0 Å². The molecule has 0 aromatic heterocycles. The van der Waals surface area contributed by atoms with Crippen LogP contribution in [-0.4, -0.2) is 5.78 Å². The SMILES string of the molecule is C=CCCC(=O)c1ccc(C)cc1C. The lowest BCUT2D eigenvalue weighted by Crippen LogP contribution is -2.01. The van der Waals surface area contributed by atoms with Crippen LogP contribution in [0.15, 0.2) is 30.9 Å². The molecular formula is C13H16O. The first-order valence-electron chi connectivity index (χ1n) is 4.86. The van der Waals surface area contributed by atoms with Gasteiger partial charge in [0.2, 0.25) is 0 Å². The third-order valence-corrected chi connectivity index (χ3v) is 2.26. The second-order valence-corrected chi connectivity index (χ2v) is 3.57. The van der Waals surface area contributed by atoms with Gasteiger partial charge in [0.25, 0.3) is 0 Å². The smallest absolute Gasteiger partial charge is 0.163 e. The van der Waals surface area contributed by atoms with Crippen molar-refractivity contribution in [3.8, 4) is 0 Å². The number of Topliss-reactive ketones (excluding diaryl/α,β-unsaturated/α-hetero) is 1. The van der Waals surface area contributed by atoms with E-state index in [1.165, 1.54) is 5.56 Å². The van der Waals surface area contributed by atoms with Gasteiger partial charge in [0.15, 0.2) is 5.78 Å². The van der Waals surface area contributed by atoms with Crippen molar-refractivity contribution in [2.24, 2.45) is 0 Å². The summed E-state index contributed by atoms with van der Waals surface area (Å²) < 4.78 is 0. The van der Waals surface area contributed by atoms with Crippen molar-refractivity contribution in [1.29, 1.82) is 0 Å². The van der Waals surface area contributed by atoms with Gasteiger partial charge in [-0.2, -0.15) is 0 Å². The van der Waals surface area contributed by atoms with Crippen LogP contribution in [0.1, 0.15) is 34.3 Å². The second kappa shape index (κ2) is 4.75. The van der Waals surface area contributed by atoms with Crippen LogP contribution in [0.3, 0.4) is 0 Å². The van der Waals surface area contributed by atoms with Gasteiger partial charge in [-0.3, -0.25) is 4.79 Å². The first-order valence-corrected chi connectivity index (χ1v) is 4.86. The molecule has 1 rings (SSSR count). The predicted octanol–water partition coefficient (Wildman–Crippen LogP) is 3.45. The highest BCUT2D eigenvalue weighted by molar-refractivity contribution is 5.97. The van der Waals surface area contributed by atoms with E-state index in [-0.39, 0.29) is 5.78 Å². The Kier molecular flexibility index (Phi) is 3.63. The fraction of sp³-hybridized carbons (Fsp3) is 0.308. The third-order valence-electron chi connectivity index (χ3n) is 2.26. The topological polar surface area (TPSA) is 17.1 Å². The molecule has 0 atom stereocenters. The molecule has 0 amide bonds. The van der Waals surface area contributed by atoms with E-state index in [1.54, 1.807) is 6.08 Å². The molecule has 14 heavy (non-hydrogen) atoms. The highest BCUT2D eigenvalue weighted by atomic mass is 16.1. The highest BCUT2D eigenvalue weighted by Crippen LogP contribution is 2.13. The van der Waals surface area contributed by atoms with Crippen LogP contribution in [0, 0.1) is 13.8 Å². The van der Waals surface area contributed by atoms with Gasteiger partial charge in [-0.25, -0.2) is 0 Å². The van der Waals surface area contributed by atoms with Crippen LogP contribution in [0.25, 0.3) is 0 Å². The van der Waals surface area contributed by atoms with Gasteiger partial charge < -0.3 is 0 Å². The van der Waals surface area contributed by atoms with E-state index in [0.717, 1.165) is 17.5 Å². The lowest BCUT2D eigenvalue weighted by molar-refractivity contribution is 0.0983. The molecule has 0 saturated heterocycles. The third kappa shape index (κ3) is 2.56. The minimum Gasteiger partial charge on any atom is -0.294 e. The summed E-state index contributed by atoms with van der Waals surface area (Å²) in [6.07, 6.45) is 3.10. The minimum atomic E-state index is 0.211. The van der Waals surface area contributed by atoms with Crippen molar-refractivity contribution in [2.75, 3.05) is 0 Å². The molecule has 0 unspecified atom stereocenters. The first-order chi connectivity index (χ1) is 6.65. The number of hydrogen-bond donors (Lipinski definition) is 0. The van der Waals surface area contributed by atoms with Crippen LogP contribution in [0.2, 0.25) is 0 Å². The standard InChI is InChI=1S/C13H16O/c1-4-5-6-13(14)12-8-7-10(2)9-11(12)3/h4,7-9H,1,5-6H2,2-3H3. The number of benzene rings is 1. The Bertz CT molecular complexity index is 350. The number of carbonyl (C=O) groups is 1. The van der Waals surface area contributed by atoms with Gasteiger partial charge in [0.1, 0.15) is 0 Å². The summed E-state index contributed by atoms with van der Waals surface area (Å²) in [6, 6.07) is 5.94. The fourth-order valence-electron chi connectivity index (χ4n) is 1.49. The van der Waals surface area contributed by atoms with Crippen molar-refractivity contribution in [3.05, 3.63) is 47.5 Å². The largest absolute Gasteiger partial charge is 0.294 e. The Balaban J connectivity index is 2.84. The Morgan fingerprint density at radius 2 is 2.14 bits per heavy atom. The molecule has 0 bridgehead atoms. The molecule has 1 heteroatoms. The number of rotatable bonds is 4. The Hall–Kier alpha value is -1.37. The van der Waals surface area contributed by atoms with Gasteiger partial charge in [0, 0.05) is 12.0 Å². The Morgan fingerprint density at radius 3 is 2.71 bits per heavy atom. The maximum absolute atomic E-state index is 11.7. The van der Waals surface area contributed by atoms with E-state index < -0.39 is 0 Å². The molecular weight excluding hydrogens is 172 g/mol. The number of hydrogen-bond acceptors (Lipinski definition) is 1. The number of aryl methyl sites for hydroxylation is 2. The van der Waals surface area contributed by atoms with Crippen molar-refractivity contribution >= 4 is 5.78 Å². The number of carbonyl (C=O) groups excluding carboxylic acids is 1. The van der Waals surface area contributed by atoms with E-state index in [2.05, 4.69) is 6.58 Å². The minimum absolute atomic E-state index is 0.211. The molecule has 0 heterocycles. The van der Waals surface area contributed by atoms with E-state index in [4.69, 9.17) is 0 Å². The van der Waals surface area contributed by atoms with E-state index in [9.17, 15) is 4.79 Å². The van der Waals surface area contributed by atoms with Crippen LogP contribution in [-0.2, 0) is 0 Å². The monoisotopic (exact) mass is 188 g/mol. The molecule has 0 aliphatic carbocycles. The van der Waals surface area contributed by atoms with Gasteiger partial charge in [-0.15, -0.1) is 6.58 Å². The van der Waals surface area contributed by atoms with E-state index in [1.807, 2.05) is 32.0 Å². The van der Waals surface area contributed by atoms with Gasteiger partial charge in [-0.05, 0) is 25.8 Å². The molecule has 0 N–H and O–H groups in total. The van der Waals surface area contributed by atoms with E-state index in [0.29, 0.717) is 6.42 Å². The lowest BCUT2D eigenvalue weighted by Gasteiger charge is -2.04. The maximum Gasteiger partial charge on any atom is 0.163 e. The first kappa shape index (κ1) is 10.7. The molecule has 0 aliphatic rings. The summed E-state index contributed by atoms with van der Waals surface area (Å²) in [5.74, 6) is 0.211. The molecule has 0 spiro atoms. The van der Waals surface area contributed by atoms with Crippen LogP contribution in [0.5, 0.6) is 0 Å². The van der Waals surface area contributed by atoms with Crippen molar-refractivity contribution in [2.45, 2.75) is 26.7 Å². The number of allylic oxidation sites excluding steroid dienone is 1. The lowest BCUT2D eigenvalue weighted by atomic mass is 10.00. The maximum atomic E-state index is 11.7. The molecule has 74 valence electrons. The van der Waals surface area contributed by atoms with Gasteiger partial charge >= 0.3 is 0 Å². The fourth-order valence-corrected chi connectivity index (χ4v) is 1.49. The molecule has 1 aromatic carbocycles. The zero-order valence-electron chi connectivity index (χ0n) is 8.84. The van der Waals surface area contributed by atoms with Crippen molar-refractivity contribution < 1.29 is 4.79 Å². The van der Waals surface area contributed by atoms with Crippen LogP contribution < -0.4 is 0 Å². The zero-order valence-corrected chi connectivity index (χ0v) is 8.84. The average Bonchev–Trinajstić information content (AvgIpc) is 2.14. The van der Waals surface area contributed by atoms with Crippen molar-refractivity contribution in [1.82, 2.24) is 0 Å². The van der Waals surface area contributed by atoms with Crippen LogP contribution in [0.4, 0.5) is 0 Å². The summed E-state index contributed by atoms with van der Waals surface area (Å²) in [5, 5.41) is 0.